The van der Waals surface area contributed by atoms with E-state index < -0.39 is 37.6 Å². The van der Waals surface area contributed by atoms with Crippen molar-refractivity contribution in [2.45, 2.75) is 31.3 Å². The van der Waals surface area contributed by atoms with Crippen LogP contribution >= 0.6 is 0 Å². The number of rotatable bonds is 9. The van der Waals surface area contributed by atoms with Gasteiger partial charge in [-0.2, -0.15) is 0 Å². The first kappa shape index (κ1) is 32.0. The lowest BCUT2D eigenvalue weighted by atomic mass is 10.1. The number of nitrogens with one attached hydrogen (secondary N) is 3. The van der Waals surface area contributed by atoms with Crippen molar-refractivity contribution < 1.29 is 31.2 Å². The van der Waals surface area contributed by atoms with Gasteiger partial charge in [0.1, 0.15) is 5.60 Å². The van der Waals surface area contributed by atoms with E-state index >= 15 is 0 Å². The molecule has 1 heterocycles. The summed E-state index contributed by atoms with van der Waals surface area (Å²) < 4.78 is 58.0. The van der Waals surface area contributed by atoms with Crippen molar-refractivity contribution in [3.05, 3.63) is 103 Å². The minimum absolute atomic E-state index is 0.0644. The van der Waals surface area contributed by atoms with E-state index in [1.54, 1.807) is 87.5 Å². The lowest BCUT2D eigenvalue weighted by molar-refractivity contribution is -0.111. The molecule has 0 saturated carbocycles. The quantitative estimate of drug-likeness (QED) is 0.197. The Bertz CT molecular complexity index is 1910. The van der Waals surface area contributed by atoms with Gasteiger partial charge in [0.05, 0.1) is 22.5 Å². The second-order valence-electron chi connectivity index (χ2n) is 10.8. The number of hydrogen-bond donors (Lipinski definition) is 3. The number of anilines is 3. The first-order valence-corrected chi connectivity index (χ1v) is 16.6. The largest absolute Gasteiger partial charge is 0.444 e. The van der Waals surface area contributed by atoms with Crippen LogP contribution < -0.4 is 15.4 Å². The number of sulfonamides is 1. The SMILES string of the molecule is CC(C)(C)OC(=O)Nc1ccccc1NC(=O)/C=C/c1ccn(S(=O)(=O)c2ccc(-c3ccc(NS(C)(=O)=O)cc3)cc2)c1. The molecule has 13 heteroatoms. The zero-order valence-corrected chi connectivity index (χ0v) is 26.1. The molecular formula is C31H32N4O7S2. The lowest BCUT2D eigenvalue weighted by Crippen LogP contribution is -2.27. The van der Waals surface area contributed by atoms with E-state index in [2.05, 4.69) is 15.4 Å². The summed E-state index contributed by atoms with van der Waals surface area (Å²) >= 11 is 0. The van der Waals surface area contributed by atoms with Crippen molar-refractivity contribution in [1.29, 1.82) is 0 Å². The summed E-state index contributed by atoms with van der Waals surface area (Å²) in [7, 11) is -7.30. The Morgan fingerprint density at radius 1 is 0.795 bits per heavy atom. The van der Waals surface area contributed by atoms with Crippen molar-refractivity contribution in [2.24, 2.45) is 0 Å². The minimum atomic E-state index is -3.91. The van der Waals surface area contributed by atoms with Crippen molar-refractivity contribution in [3.8, 4) is 11.1 Å². The molecule has 0 aliphatic heterocycles. The fraction of sp³-hybridized carbons (Fsp3) is 0.161. The molecule has 2 amide bonds. The molecule has 0 bridgehead atoms. The molecule has 0 radical (unpaired) electrons. The predicted molar refractivity (Wildman–Crippen MR) is 171 cm³/mol. The number of nitrogens with zero attached hydrogens (tertiary/aromatic N) is 1. The molecule has 0 fully saturated rings. The number of carbonyl (C=O) groups is 2. The molecular weight excluding hydrogens is 604 g/mol. The molecule has 0 saturated heterocycles. The van der Waals surface area contributed by atoms with Gasteiger partial charge in [0.25, 0.3) is 10.0 Å². The van der Waals surface area contributed by atoms with Crippen LogP contribution in [-0.4, -0.2) is 44.7 Å². The Balaban J connectivity index is 1.41. The van der Waals surface area contributed by atoms with E-state index in [1.807, 2.05) is 0 Å². The average Bonchev–Trinajstić information content (AvgIpc) is 3.42. The highest BCUT2D eigenvalue weighted by Crippen LogP contribution is 2.25. The van der Waals surface area contributed by atoms with Gasteiger partial charge in [-0.1, -0.05) is 36.4 Å². The zero-order valence-electron chi connectivity index (χ0n) is 24.4. The Hall–Kier alpha value is -4.88. The highest BCUT2D eigenvalue weighted by Gasteiger charge is 2.18. The van der Waals surface area contributed by atoms with Gasteiger partial charge in [-0.05, 0) is 86.0 Å². The van der Waals surface area contributed by atoms with Gasteiger partial charge < -0.3 is 10.1 Å². The maximum atomic E-state index is 13.2. The summed E-state index contributed by atoms with van der Waals surface area (Å²) in [5.74, 6) is -0.491. The van der Waals surface area contributed by atoms with Crippen LogP contribution in [0.2, 0.25) is 0 Å². The van der Waals surface area contributed by atoms with Gasteiger partial charge >= 0.3 is 6.09 Å². The van der Waals surface area contributed by atoms with Crippen molar-refractivity contribution in [3.63, 3.8) is 0 Å². The van der Waals surface area contributed by atoms with E-state index in [0.29, 0.717) is 22.6 Å². The molecule has 3 aromatic carbocycles. The first-order chi connectivity index (χ1) is 20.6. The maximum absolute atomic E-state index is 13.2. The van der Waals surface area contributed by atoms with Gasteiger partial charge in [-0.15, -0.1) is 0 Å². The van der Waals surface area contributed by atoms with Crippen molar-refractivity contribution in [1.82, 2.24) is 3.97 Å². The highest BCUT2D eigenvalue weighted by molar-refractivity contribution is 7.92. The fourth-order valence-electron chi connectivity index (χ4n) is 3.99. The van der Waals surface area contributed by atoms with E-state index in [0.717, 1.165) is 21.4 Å². The molecule has 11 nitrogen and oxygen atoms in total. The van der Waals surface area contributed by atoms with E-state index in [4.69, 9.17) is 4.74 Å². The number of amides is 2. The first-order valence-electron chi connectivity index (χ1n) is 13.3. The Morgan fingerprint density at radius 3 is 1.93 bits per heavy atom. The molecule has 0 atom stereocenters. The van der Waals surface area contributed by atoms with Crippen LogP contribution in [-0.2, 0) is 29.6 Å². The maximum Gasteiger partial charge on any atom is 0.412 e. The fourth-order valence-corrected chi connectivity index (χ4v) is 5.76. The van der Waals surface area contributed by atoms with Gasteiger partial charge in [-0.25, -0.2) is 25.6 Å². The third-order valence-corrected chi connectivity index (χ3v) is 8.15. The molecule has 4 rings (SSSR count). The molecule has 44 heavy (non-hydrogen) atoms. The monoisotopic (exact) mass is 636 g/mol. The zero-order chi connectivity index (χ0) is 32.1. The normalized spacial score (nSPS) is 12.1. The van der Waals surface area contributed by atoms with Gasteiger partial charge in [-0.3, -0.25) is 14.8 Å². The minimum Gasteiger partial charge on any atom is -0.444 e. The summed E-state index contributed by atoms with van der Waals surface area (Å²) in [5.41, 5.74) is 2.45. The number of carbonyl (C=O) groups excluding carboxylic acids is 2. The Morgan fingerprint density at radius 2 is 1.36 bits per heavy atom. The Labute approximate surface area is 256 Å². The molecule has 1 aromatic heterocycles. The summed E-state index contributed by atoms with van der Waals surface area (Å²) in [4.78, 5) is 24.8. The van der Waals surface area contributed by atoms with Gasteiger partial charge in [0.2, 0.25) is 15.9 Å². The topological polar surface area (TPSA) is 153 Å². The average molecular weight is 637 g/mol. The van der Waals surface area contributed by atoms with Crippen LogP contribution in [0.25, 0.3) is 17.2 Å². The van der Waals surface area contributed by atoms with Crippen LogP contribution in [0.3, 0.4) is 0 Å². The second-order valence-corrected chi connectivity index (χ2v) is 14.3. The molecule has 230 valence electrons. The van der Waals surface area contributed by atoms with Crippen molar-refractivity contribution >= 4 is 55.2 Å². The van der Waals surface area contributed by atoms with Gasteiger partial charge in [0, 0.05) is 24.2 Å². The lowest BCUT2D eigenvalue weighted by Gasteiger charge is -2.20. The van der Waals surface area contributed by atoms with Gasteiger partial charge in [0.15, 0.2) is 0 Å². The van der Waals surface area contributed by atoms with Crippen LogP contribution in [0.15, 0.2) is 102 Å². The summed E-state index contributed by atoms with van der Waals surface area (Å²) in [6.07, 6.45) is 5.90. The number of aromatic nitrogens is 1. The number of benzene rings is 3. The Kier molecular flexibility index (Phi) is 9.30. The van der Waals surface area contributed by atoms with Crippen LogP contribution in [0.1, 0.15) is 26.3 Å². The predicted octanol–water partition coefficient (Wildman–Crippen LogP) is 5.76. The van der Waals surface area contributed by atoms with E-state index in [9.17, 15) is 26.4 Å². The third-order valence-electron chi connectivity index (χ3n) is 5.89. The van der Waals surface area contributed by atoms with Crippen LogP contribution in [0.5, 0.6) is 0 Å². The second kappa shape index (κ2) is 12.8. The van der Waals surface area contributed by atoms with Crippen LogP contribution in [0, 0.1) is 0 Å². The molecule has 0 aliphatic carbocycles. The number of ether oxygens (including phenoxy) is 1. The van der Waals surface area contributed by atoms with Crippen LogP contribution in [0.4, 0.5) is 21.9 Å². The smallest absolute Gasteiger partial charge is 0.412 e. The standard InChI is InChI=1S/C31H32N4O7S2/c1-31(2,3)42-30(37)33-28-8-6-5-7-27(28)32-29(36)18-9-22-19-20-35(21-22)44(40,41)26-16-12-24(13-17-26)23-10-14-25(15-11-23)34-43(4,38)39/h5-21,34H,1-4H3,(H,32,36)(H,33,37)/b18-9+. The number of hydrogen-bond acceptors (Lipinski definition) is 7. The molecule has 3 N–H and O–H groups in total. The van der Waals surface area contributed by atoms with Crippen molar-refractivity contribution in [2.75, 3.05) is 21.6 Å². The molecule has 4 aromatic rings. The molecule has 0 unspecified atom stereocenters. The molecule has 0 spiro atoms. The van der Waals surface area contributed by atoms with E-state index in [1.165, 1.54) is 36.7 Å². The number of para-hydroxylation sites is 2. The van der Waals surface area contributed by atoms with E-state index in [-0.39, 0.29) is 4.90 Å². The third kappa shape index (κ3) is 8.82. The summed E-state index contributed by atoms with van der Waals surface area (Å²) in [6, 6.07) is 21.2. The molecule has 0 aliphatic rings. The summed E-state index contributed by atoms with van der Waals surface area (Å²) in [6.45, 7) is 5.23. The summed E-state index contributed by atoms with van der Waals surface area (Å²) in [5, 5.41) is 5.30. The highest BCUT2D eigenvalue weighted by atomic mass is 32.2.